The van der Waals surface area contributed by atoms with E-state index in [4.69, 9.17) is 5.73 Å². The third kappa shape index (κ3) is 1.91. The van der Waals surface area contributed by atoms with Crippen molar-refractivity contribution in [1.29, 1.82) is 0 Å². The largest absolute Gasteiger partial charge is 0.467 e. The fraction of sp³-hybridized carbons (Fsp3) is 0.500. The molecule has 1 aliphatic rings. The molecule has 0 fully saturated rings. The third-order valence-corrected chi connectivity index (χ3v) is 3.93. The highest BCUT2D eigenvalue weighted by Crippen LogP contribution is 2.39. The highest BCUT2D eigenvalue weighted by Gasteiger charge is 2.45. The lowest BCUT2D eigenvalue weighted by Crippen LogP contribution is -2.52. The summed E-state index contributed by atoms with van der Waals surface area (Å²) in [5, 5.41) is 10.3. The van der Waals surface area contributed by atoms with E-state index in [1.807, 2.05) is 24.3 Å². The van der Waals surface area contributed by atoms with E-state index < -0.39 is 17.5 Å². The van der Waals surface area contributed by atoms with Crippen LogP contribution < -0.4 is 5.73 Å². The Morgan fingerprint density at radius 3 is 2.94 bits per heavy atom. The van der Waals surface area contributed by atoms with Crippen LogP contribution in [0.15, 0.2) is 24.3 Å². The number of benzene rings is 1. The van der Waals surface area contributed by atoms with Crippen LogP contribution in [0.3, 0.4) is 0 Å². The number of fused-ring (bicyclic) bond motifs is 1. The highest BCUT2D eigenvalue weighted by molar-refractivity contribution is 5.77. The SMILES string of the molecule is COC(=O)C(O)C1(CN)CCCc2ccccc21. The molecule has 1 aliphatic carbocycles. The molecule has 98 valence electrons. The van der Waals surface area contributed by atoms with Gasteiger partial charge in [0.15, 0.2) is 6.10 Å². The zero-order valence-corrected chi connectivity index (χ0v) is 10.6. The molecule has 0 saturated carbocycles. The van der Waals surface area contributed by atoms with Crippen LogP contribution in [0.2, 0.25) is 0 Å². The fourth-order valence-electron chi connectivity index (χ4n) is 2.90. The van der Waals surface area contributed by atoms with Gasteiger partial charge in [-0.25, -0.2) is 4.79 Å². The van der Waals surface area contributed by atoms with E-state index in [1.165, 1.54) is 7.11 Å². The number of carbonyl (C=O) groups excluding carboxylic acids is 1. The first kappa shape index (κ1) is 13.1. The average molecular weight is 249 g/mol. The molecule has 2 unspecified atom stereocenters. The molecule has 0 aliphatic heterocycles. The summed E-state index contributed by atoms with van der Waals surface area (Å²) >= 11 is 0. The Kier molecular flexibility index (Phi) is 3.68. The number of hydrogen-bond acceptors (Lipinski definition) is 4. The van der Waals surface area contributed by atoms with Gasteiger partial charge in [0, 0.05) is 12.0 Å². The van der Waals surface area contributed by atoms with E-state index in [-0.39, 0.29) is 6.54 Å². The Hall–Kier alpha value is -1.39. The molecule has 1 aromatic carbocycles. The topological polar surface area (TPSA) is 72.5 Å². The Morgan fingerprint density at radius 1 is 1.56 bits per heavy atom. The molecule has 0 amide bonds. The van der Waals surface area contributed by atoms with Crippen molar-refractivity contribution in [3.8, 4) is 0 Å². The fourth-order valence-corrected chi connectivity index (χ4v) is 2.90. The monoisotopic (exact) mass is 249 g/mol. The van der Waals surface area contributed by atoms with Crippen molar-refractivity contribution < 1.29 is 14.6 Å². The minimum atomic E-state index is -1.20. The van der Waals surface area contributed by atoms with Crippen molar-refractivity contribution in [2.45, 2.75) is 30.8 Å². The van der Waals surface area contributed by atoms with Gasteiger partial charge in [0.25, 0.3) is 0 Å². The van der Waals surface area contributed by atoms with Crippen LogP contribution in [0.25, 0.3) is 0 Å². The Labute approximate surface area is 107 Å². The van der Waals surface area contributed by atoms with Gasteiger partial charge in [-0.1, -0.05) is 24.3 Å². The van der Waals surface area contributed by atoms with Gasteiger partial charge >= 0.3 is 5.97 Å². The van der Waals surface area contributed by atoms with Gasteiger partial charge in [-0.2, -0.15) is 0 Å². The van der Waals surface area contributed by atoms with Crippen molar-refractivity contribution in [1.82, 2.24) is 0 Å². The summed E-state index contributed by atoms with van der Waals surface area (Å²) in [4.78, 5) is 11.7. The lowest BCUT2D eigenvalue weighted by Gasteiger charge is -2.40. The molecule has 3 N–H and O–H groups in total. The Balaban J connectivity index is 2.48. The number of aryl methyl sites for hydroxylation is 1. The van der Waals surface area contributed by atoms with E-state index in [2.05, 4.69) is 4.74 Å². The molecule has 0 heterocycles. The minimum Gasteiger partial charge on any atom is -0.467 e. The number of ether oxygens (including phenoxy) is 1. The lowest BCUT2D eigenvalue weighted by atomic mass is 9.66. The smallest absolute Gasteiger partial charge is 0.335 e. The number of aliphatic hydroxyl groups excluding tert-OH is 1. The predicted molar refractivity (Wildman–Crippen MR) is 68.1 cm³/mol. The van der Waals surface area contributed by atoms with Crippen molar-refractivity contribution in [2.75, 3.05) is 13.7 Å². The summed E-state index contributed by atoms with van der Waals surface area (Å²) < 4.78 is 4.66. The van der Waals surface area contributed by atoms with E-state index >= 15 is 0 Å². The van der Waals surface area contributed by atoms with Crippen molar-refractivity contribution in [3.05, 3.63) is 35.4 Å². The molecular weight excluding hydrogens is 230 g/mol. The summed E-state index contributed by atoms with van der Waals surface area (Å²) in [6.45, 7) is 0.236. The first-order valence-corrected chi connectivity index (χ1v) is 6.20. The van der Waals surface area contributed by atoms with Crippen molar-refractivity contribution >= 4 is 5.97 Å². The van der Waals surface area contributed by atoms with Gasteiger partial charge in [0.05, 0.1) is 7.11 Å². The van der Waals surface area contributed by atoms with Crippen LogP contribution in [0.4, 0.5) is 0 Å². The van der Waals surface area contributed by atoms with Crippen molar-refractivity contribution in [2.24, 2.45) is 5.73 Å². The number of methoxy groups -OCH3 is 1. The van der Waals surface area contributed by atoms with E-state index in [0.717, 1.165) is 24.0 Å². The highest BCUT2D eigenvalue weighted by atomic mass is 16.5. The average Bonchev–Trinajstić information content (AvgIpc) is 2.44. The van der Waals surface area contributed by atoms with Gasteiger partial charge in [-0.15, -0.1) is 0 Å². The summed E-state index contributed by atoms with van der Waals surface area (Å²) in [5.74, 6) is -0.614. The zero-order valence-electron chi connectivity index (χ0n) is 10.6. The predicted octanol–water partition coefficient (Wildman–Crippen LogP) is 0.753. The van der Waals surface area contributed by atoms with Crippen LogP contribution in [0.1, 0.15) is 24.0 Å². The molecule has 0 aromatic heterocycles. The maximum atomic E-state index is 11.7. The first-order valence-electron chi connectivity index (χ1n) is 6.20. The van der Waals surface area contributed by atoms with Gasteiger partial charge < -0.3 is 15.6 Å². The summed E-state index contributed by atoms with van der Waals surface area (Å²) in [6, 6.07) is 7.87. The second kappa shape index (κ2) is 5.08. The Bertz CT molecular complexity index is 446. The van der Waals surface area contributed by atoms with Gasteiger partial charge in [0.2, 0.25) is 0 Å². The Morgan fingerprint density at radius 2 is 2.28 bits per heavy atom. The molecule has 0 bridgehead atoms. The molecule has 0 radical (unpaired) electrons. The van der Waals surface area contributed by atoms with Crippen LogP contribution in [-0.2, 0) is 21.4 Å². The van der Waals surface area contributed by atoms with E-state index in [1.54, 1.807) is 0 Å². The molecule has 4 nitrogen and oxygen atoms in total. The van der Waals surface area contributed by atoms with Crippen LogP contribution in [0.5, 0.6) is 0 Å². The number of carbonyl (C=O) groups is 1. The number of aliphatic hydroxyl groups is 1. The van der Waals surface area contributed by atoms with E-state index in [0.29, 0.717) is 6.42 Å². The lowest BCUT2D eigenvalue weighted by molar-refractivity contribution is -0.155. The maximum absolute atomic E-state index is 11.7. The normalized spacial score (nSPS) is 24.2. The first-order chi connectivity index (χ1) is 8.65. The van der Waals surface area contributed by atoms with Crippen LogP contribution in [0, 0.1) is 0 Å². The van der Waals surface area contributed by atoms with Gasteiger partial charge in [-0.3, -0.25) is 0 Å². The summed E-state index contributed by atoms with van der Waals surface area (Å²) in [5.41, 5.74) is 7.32. The van der Waals surface area contributed by atoms with Crippen LogP contribution in [-0.4, -0.2) is 30.8 Å². The molecule has 4 heteroatoms. The molecule has 2 atom stereocenters. The van der Waals surface area contributed by atoms with Gasteiger partial charge in [-0.05, 0) is 30.4 Å². The summed E-state index contributed by atoms with van der Waals surface area (Å²) in [7, 11) is 1.28. The number of esters is 1. The van der Waals surface area contributed by atoms with Crippen LogP contribution >= 0.6 is 0 Å². The third-order valence-electron chi connectivity index (χ3n) is 3.93. The minimum absolute atomic E-state index is 0.236. The standard InChI is InChI=1S/C14H19NO3/c1-18-13(17)12(16)14(9-15)8-4-6-10-5-2-3-7-11(10)14/h2-3,5,7,12,16H,4,6,8-9,15H2,1H3. The quantitative estimate of drug-likeness (QED) is 0.775. The summed E-state index contributed by atoms with van der Waals surface area (Å²) in [6.07, 6.45) is 1.39. The molecule has 2 rings (SSSR count). The number of rotatable bonds is 3. The molecule has 1 aromatic rings. The zero-order chi connectivity index (χ0) is 13.2. The number of nitrogens with two attached hydrogens (primary N) is 1. The molecular formula is C14H19NO3. The second-order valence-corrected chi connectivity index (χ2v) is 4.80. The molecule has 0 spiro atoms. The van der Waals surface area contributed by atoms with E-state index in [9.17, 15) is 9.90 Å². The second-order valence-electron chi connectivity index (χ2n) is 4.80. The molecule has 18 heavy (non-hydrogen) atoms. The van der Waals surface area contributed by atoms with Crippen molar-refractivity contribution in [3.63, 3.8) is 0 Å². The van der Waals surface area contributed by atoms with Gasteiger partial charge in [0.1, 0.15) is 0 Å². The number of hydrogen-bond donors (Lipinski definition) is 2. The maximum Gasteiger partial charge on any atom is 0.335 e. The molecule has 0 saturated heterocycles.